The van der Waals surface area contributed by atoms with Crippen LogP contribution in [-0.2, 0) is 80.8 Å². The van der Waals surface area contributed by atoms with Gasteiger partial charge in [0.25, 0.3) is 0 Å². The van der Waals surface area contributed by atoms with Crippen molar-refractivity contribution in [1.82, 2.24) is 36.8 Å². The van der Waals surface area contributed by atoms with E-state index in [4.69, 9.17) is 85.6 Å². The molecule has 86 heavy (non-hydrogen) atoms. The monoisotopic (exact) mass is 1240 g/mol. The summed E-state index contributed by atoms with van der Waals surface area (Å²) in [4.78, 5) is 88.5. The van der Waals surface area contributed by atoms with Crippen LogP contribution in [0.15, 0.2) is 23.7 Å². The first-order chi connectivity index (χ1) is 41.1. The fourth-order valence-electron chi connectivity index (χ4n) is 7.86. The van der Waals surface area contributed by atoms with Crippen LogP contribution in [0.2, 0.25) is 0 Å². The molecule has 5 amide bonds. The van der Waals surface area contributed by atoms with Gasteiger partial charge in [-0.25, -0.2) is 19.2 Å². The van der Waals surface area contributed by atoms with Gasteiger partial charge in [0, 0.05) is 40.0 Å². The molecule has 0 fully saturated rings. The average Bonchev–Trinajstić information content (AvgIpc) is 2.63. The van der Waals surface area contributed by atoms with Gasteiger partial charge in [-0.2, -0.15) is 0 Å². The van der Waals surface area contributed by atoms with Gasteiger partial charge in [0.15, 0.2) is 36.3 Å². The summed E-state index contributed by atoms with van der Waals surface area (Å²) in [6.07, 6.45) is -5.47. The zero-order valence-corrected chi connectivity index (χ0v) is 47.8. The predicted octanol–water partition coefficient (Wildman–Crippen LogP) is -6.69. The minimum atomic E-state index is -1.83. The zero-order chi connectivity index (χ0) is 63.8. The SMILES string of the molecule is C#CCOCCOCCOCCOCCC(=O)N(CCOCCOCCNC(=O)O[C@@H]([C@@H]1OC(C(=O)O)=C[C@H](NC(=N)N)[C@H]1NC(C)=O)[C@H](O)CO)CCOCCOCCNC(=O)O[C@@H]([C@@H]1OC(C(=O)O)=C[C@H](NC(=N)N)[C@H]1NC(C)=O)[C@H](O)CO. The first kappa shape index (κ1) is 74.7. The highest BCUT2D eigenvalue weighted by Gasteiger charge is 2.48. The Bertz CT molecular complexity index is 2100. The lowest BCUT2D eigenvalue weighted by Crippen LogP contribution is -2.65. The summed E-state index contributed by atoms with van der Waals surface area (Å²) in [5, 5.41) is 90.1. The second-order valence-corrected chi connectivity index (χ2v) is 18.2. The summed E-state index contributed by atoms with van der Waals surface area (Å²) < 4.78 is 65.7. The van der Waals surface area contributed by atoms with Crippen LogP contribution < -0.4 is 43.4 Å². The van der Waals surface area contributed by atoms with Crippen LogP contribution in [0.1, 0.15) is 20.3 Å². The highest BCUT2D eigenvalue weighted by atomic mass is 16.6. The molecular weight excluding hydrogens is 1150 g/mol. The van der Waals surface area contributed by atoms with Crippen LogP contribution >= 0.6 is 0 Å². The fourth-order valence-corrected chi connectivity index (χ4v) is 7.86. The summed E-state index contributed by atoms with van der Waals surface area (Å²) in [5.41, 5.74) is 10.9. The number of carboxylic acid groups (broad SMARTS) is 2. The van der Waals surface area contributed by atoms with Gasteiger partial charge in [0.05, 0.1) is 143 Å². The van der Waals surface area contributed by atoms with E-state index in [9.17, 15) is 64.2 Å². The van der Waals surface area contributed by atoms with Crippen LogP contribution in [0.5, 0.6) is 0 Å². The number of guanidine groups is 2. The Labute approximate surface area is 495 Å². The summed E-state index contributed by atoms with van der Waals surface area (Å²) in [6.45, 7) is 2.69. The molecule has 2 rings (SSSR count). The first-order valence-electron chi connectivity index (χ1n) is 26.9. The van der Waals surface area contributed by atoms with Crippen LogP contribution in [-0.4, -0.2) is 295 Å². The largest absolute Gasteiger partial charge is 0.477 e. The maximum atomic E-state index is 13.3. The number of carbonyl (C=O) groups excluding carboxylic acids is 5. The number of carboxylic acids is 2. The van der Waals surface area contributed by atoms with Crippen molar-refractivity contribution in [2.24, 2.45) is 11.5 Å². The molecule has 10 atom stereocenters. The number of nitrogens with two attached hydrogens (primary N) is 2. The molecule has 0 aromatic heterocycles. The van der Waals surface area contributed by atoms with E-state index in [1.807, 2.05) is 0 Å². The molecule has 0 aromatic rings. The second kappa shape index (κ2) is 43.2. The quantitative estimate of drug-likeness (QED) is 0.0117. The fraction of sp³-hybridized carbons (Fsp3) is 0.700. The third kappa shape index (κ3) is 30.6. The van der Waals surface area contributed by atoms with Crippen molar-refractivity contribution in [2.75, 3.05) is 145 Å². The van der Waals surface area contributed by atoms with E-state index < -0.39 is 133 Å². The number of aliphatic hydroxyl groups excluding tert-OH is 4. The highest BCUT2D eigenvalue weighted by Crippen LogP contribution is 2.27. The minimum absolute atomic E-state index is 0.0143. The average molecular weight is 1240 g/mol. The summed E-state index contributed by atoms with van der Waals surface area (Å²) in [6, 6.07) is -4.89. The maximum Gasteiger partial charge on any atom is 0.407 e. The molecule has 36 heteroatoms. The van der Waals surface area contributed by atoms with E-state index in [1.54, 1.807) is 0 Å². The van der Waals surface area contributed by atoms with Crippen LogP contribution in [0, 0.1) is 23.2 Å². The van der Waals surface area contributed by atoms with Crippen LogP contribution in [0.4, 0.5) is 9.59 Å². The van der Waals surface area contributed by atoms with E-state index in [2.05, 4.69) is 37.8 Å². The second-order valence-electron chi connectivity index (χ2n) is 18.2. The minimum Gasteiger partial charge on any atom is -0.477 e. The summed E-state index contributed by atoms with van der Waals surface area (Å²) >= 11 is 0. The van der Waals surface area contributed by atoms with E-state index in [0.29, 0.717) is 26.4 Å². The number of amides is 5. The van der Waals surface area contributed by atoms with Gasteiger partial charge in [0.2, 0.25) is 29.2 Å². The van der Waals surface area contributed by atoms with Crippen LogP contribution in [0.3, 0.4) is 0 Å². The molecule has 36 nitrogen and oxygen atoms in total. The maximum absolute atomic E-state index is 13.3. The number of aliphatic carboxylic acids is 2. The molecule has 0 saturated carbocycles. The van der Waals surface area contributed by atoms with Gasteiger partial charge in [-0.3, -0.25) is 25.2 Å². The summed E-state index contributed by atoms with van der Waals surface area (Å²) in [5.74, 6) is -4.88. The van der Waals surface area contributed by atoms with Gasteiger partial charge in [-0.15, -0.1) is 6.42 Å². The molecule has 2 aliphatic rings. The molecule has 0 aromatic carbocycles. The number of terminal acetylenes is 1. The first-order valence-corrected chi connectivity index (χ1v) is 26.9. The lowest BCUT2D eigenvalue weighted by molar-refractivity contribution is -0.147. The van der Waals surface area contributed by atoms with Crippen molar-refractivity contribution in [3.8, 4) is 12.3 Å². The van der Waals surface area contributed by atoms with Crippen molar-refractivity contribution in [2.45, 2.75) is 81.1 Å². The molecule has 0 radical (unpaired) electrons. The Hall–Kier alpha value is -7.41. The topological polar surface area (TPSA) is 527 Å². The Morgan fingerprint density at radius 1 is 0.581 bits per heavy atom. The van der Waals surface area contributed by atoms with Crippen molar-refractivity contribution in [3.63, 3.8) is 0 Å². The standard InChI is InChI=1S/C50H83N11O25/c1-4-10-75-16-22-81-24-25-82-23-17-76-11-5-38(68)61(8-14-79-20-18-77-12-6-55-49(73)85-41(34(66)28-62)43-39(57-30(2)64)32(59-47(51)52)26-36(83-43)45(69)70)9-15-80-21-19-78-13-7-56-50(74)86-42(35(67)29-63)44-40(58-31(3)65)33(60-48(53)54)27-37(84-44)46(71)72/h1,26-27,32-35,39-44,62-63,66-67H,5-25,28-29H2,2-3H3,(H,55,73)(H,56,74)(H,57,64)(H,58,65)(H,69,70)(H,71,72)(H4,51,52,59)(H4,53,54,60)/t32-,33-,34+,35+,39+,40+,41+,42+,43+,44+/m0/s1. The van der Waals surface area contributed by atoms with Crippen molar-refractivity contribution in [1.29, 1.82) is 10.8 Å². The number of hydrogen-bond acceptors (Lipinski definition) is 25. The molecule has 488 valence electrons. The van der Waals surface area contributed by atoms with Gasteiger partial charge in [-0.1, -0.05) is 5.92 Å². The number of ether oxygens (including phenoxy) is 12. The number of carbonyl (C=O) groups is 7. The number of nitrogens with zero attached hydrogens (tertiary/aromatic N) is 1. The van der Waals surface area contributed by atoms with Crippen molar-refractivity contribution in [3.05, 3.63) is 23.7 Å². The third-order valence-corrected chi connectivity index (χ3v) is 11.6. The van der Waals surface area contributed by atoms with E-state index in [0.717, 1.165) is 26.0 Å². The van der Waals surface area contributed by atoms with Crippen molar-refractivity contribution < 1.29 is 121 Å². The number of nitrogens with one attached hydrogen (secondary N) is 8. The smallest absolute Gasteiger partial charge is 0.407 e. The molecule has 2 aliphatic heterocycles. The van der Waals surface area contributed by atoms with Gasteiger partial charge in [0.1, 0.15) is 18.8 Å². The molecule has 0 aliphatic carbocycles. The molecular formula is C50H83N11O25. The number of alkyl carbamates (subject to hydrolysis) is 2. The zero-order valence-electron chi connectivity index (χ0n) is 47.8. The lowest BCUT2D eigenvalue weighted by Gasteiger charge is -2.41. The molecule has 0 saturated heterocycles. The van der Waals surface area contributed by atoms with E-state index >= 15 is 0 Å². The number of aliphatic hydroxyl groups is 4. The lowest BCUT2D eigenvalue weighted by atomic mass is 9.92. The molecule has 0 spiro atoms. The molecule has 18 N–H and O–H groups in total. The Kier molecular flexibility index (Phi) is 37.6. The normalized spacial score (nSPS) is 19.4. The Balaban J connectivity index is 1.88. The molecule has 2 heterocycles. The molecule has 0 bridgehead atoms. The molecule has 0 unspecified atom stereocenters. The number of rotatable bonds is 45. The van der Waals surface area contributed by atoms with Crippen LogP contribution in [0.25, 0.3) is 0 Å². The van der Waals surface area contributed by atoms with Crippen molar-refractivity contribution >= 4 is 53.8 Å². The highest BCUT2D eigenvalue weighted by molar-refractivity contribution is 5.86. The van der Waals surface area contributed by atoms with Gasteiger partial charge < -0.3 is 136 Å². The third-order valence-electron chi connectivity index (χ3n) is 11.6. The van der Waals surface area contributed by atoms with E-state index in [-0.39, 0.29) is 118 Å². The van der Waals surface area contributed by atoms with Gasteiger partial charge >= 0.3 is 24.1 Å². The Morgan fingerprint density at radius 3 is 1.27 bits per heavy atom. The predicted molar refractivity (Wildman–Crippen MR) is 293 cm³/mol. The van der Waals surface area contributed by atoms with Gasteiger partial charge in [-0.05, 0) is 12.2 Å². The number of hydrogen-bond donors (Lipinski definition) is 16. The Morgan fingerprint density at radius 2 is 0.930 bits per heavy atom. The summed E-state index contributed by atoms with van der Waals surface area (Å²) in [7, 11) is 0. The van der Waals surface area contributed by atoms with E-state index in [1.165, 1.54) is 4.90 Å².